The van der Waals surface area contributed by atoms with Gasteiger partial charge < -0.3 is 14.8 Å². The molecule has 1 unspecified atom stereocenters. The summed E-state index contributed by atoms with van der Waals surface area (Å²) in [6.07, 6.45) is 2.08. The molecule has 0 saturated carbocycles. The van der Waals surface area contributed by atoms with Gasteiger partial charge in [0.05, 0.1) is 6.04 Å². The lowest BCUT2D eigenvalue weighted by molar-refractivity contribution is 0.182. The van der Waals surface area contributed by atoms with Crippen LogP contribution in [-0.2, 0) is 6.54 Å². The lowest BCUT2D eigenvalue weighted by Gasteiger charge is -2.37. The third kappa shape index (κ3) is 3.03. The van der Waals surface area contributed by atoms with Crippen LogP contribution >= 0.6 is 0 Å². The van der Waals surface area contributed by atoms with Crippen LogP contribution in [0, 0.1) is 6.92 Å². The number of nitrogens with one attached hydrogen (secondary N) is 1. The summed E-state index contributed by atoms with van der Waals surface area (Å²) in [6.45, 7) is 3.53. The van der Waals surface area contributed by atoms with Crippen molar-refractivity contribution in [3.05, 3.63) is 89.7 Å². The topological polar surface area (TPSA) is 37.3 Å². The van der Waals surface area contributed by atoms with E-state index in [1.54, 1.807) is 0 Å². The van der Waals surface area contributed by atoms with Gasteiger partial charge in [-0.1, -0.05) is 48.0 Å². The highest BCUT2D eigenvalue weighted by atomic mass is 16.2. The molecule has 0 bridgehead atoms. The van der Waals surface area contributed by atoms with Crippen LogP contribution in [0.3, 0.4) is 0 Å². The Morgan fingerprint density at radius 3 is 2.48 bits per heavy atom. The summed E-state index contributed by atoms with van der Waals surface area (Å²) in [6, 6.07) is 22.1. The normalized spacial score (nSPS) is 16.4. The molecule has 1 aliphatic heterocycles. The predicted molar refractivity (Wildman–Crippen MR) is 99.6 cm³/mol. The maximum atomic E-state index is 13.0. The molecule has 1 aromatic heterocycles. The van der Waals surface area contributed by atoms with Crippen LogP contribution in [0.1, 0.15) is 22.9 Å². The Labute approximate surface area is 147 Å². The van der Waals surface area contributed by atoms with Crippen molar-refractivity contribution in [2.75, 3.05) is 11.9 Å². The summed E-state index contributed by atoms with van der Waals surface area (Å²) in [5.41, 5.74) is 4.28. The number of carbonyl (C=O) groups is 1. The molecule has 0 saturated heterocycles. The quantitative estimate of drug-likeness (QED) is 0.741. The number of hydrogen-bond donors (Lipinski definition) is 1. The zero-order chi connectivity index (χ0) is 17.2. The molecule has 4 rings (SSSR count). The molecule has 1 aliphatic rings. The zero-order valence-electron chi connectivity index (χ0n) is 14.2. The van der Waals surface area contributed by atoms with Crippen LogP contribution in [0.25, 0.3) is 0 Å². The van der Waals surface area contributed by atoms with Crippen LogP contribution in [0.5, 0.6) is 0 Å². The van der Waals surface area contributed by atoms with Crippen LogP contribution in [-0.4, -0.2) is 22.0 Å². The Kier molecular flexibility index (Phi) is 4.02. The molecular formula is C21H21N3O. The van der Waals surface area contributed by atoms with Gasteiger partial charge >= 0.3 is 6.03 Å². The molecule has 2 heterocycles. The summed E-state index contributed by atoms with van der Waals surface area (Å²) in [7, 11) is 0. The van der Waals surface area contributed by atoms with E-state index in [2.05, 4.69) is 34.3 Å². The van der Waals surface area contributed by atoms with E-state index in [1.165, 1.54) is 5.56 Å². The number of hydrogen-bond acceptors (Lipinski definition) is 1. The van der Waals surface area contributed by atoms with E-state index in [0.29, 0.717) is 6.54 Å². The number of fused-ring (bicyclic) bond motifs is 1. The minimum atomic E-state index is -0.0737. The first kappa shape index (κ1) is 15.5. The average Bonchev–Trinajstić information content (AvgIpc) is 3.12. The molecule has 2 amide bonds. The third-order valence-electron chi connectivity index (χ3n) is 4.72. The van der Waals surface area contributed by atoms with Gasteiger partial charge in [-0.3, -0.25) is 0 Å². The molecule has 0 spiro atoms. The van der Waals surface area contributed by atoms with Gasteiger partial charge in [0.2, 0.25) is 0 Å². The van der Waals surface area contributed by atoms with E-state index in [1.807, 2.05) is 60.4 Å². The molecular weight excluding hydrogens is 310 g/mol. The molecule has 0 radical (unpaired) electrons. The van der Waals surface area contributed by atoms with E-state index < -0.39 is 0 Å². The van der Waals surface area contributed by atoms with Gasteiger partial charge in [-0.05, 0) is 36.8 Å². The van der Waals surface area contributed by atoms with Crippen molar-refractivity contribution in [1.29, 1.82) is 0 Å². The maximum absolute atomic E-state index is 13.0. The summed E-state index contributed by atoms with van der Waals surface area (Å²) in [4.78, 5) is 14.9. The van der Waals surface area contributed by atoms with Gasteiger partial charge in [-0.2, -0.15) is 0 Å². The first-order valence-corrected chi connectivity index (χ1v) is 8.56. The molecule has 126 valence electrons. The van der Waals surface area contributed by atoms with Crippen molar-refractivity contribution < 1.29 is 4.79 Å². The van der Waals surface area contributed by atoms with Crippen molar-refractivity contribution in [3.63, 3.8) is 0 Å². The monoisotopic (exact) mass is 331 g/mol. The smallest absolute Gasteiger partial charge is 0.322 e. The molecule has 1 atom stereocenters. The first-order valence-electron chi connectivity index (χ1n) is 8.56. The average molecular weight is 331 g/mol. The molecule has 4 heteroatoms. The Balaban J connectivity index is 1.65. The van der Waals surface area contributed by atoms with Gasteiger partial charge in [0.1, 0.15) is 0 Å². The second-order valence-corrected chi connectivity index (χ2v) is 6.43. The number of nitrogens with zero attached hydrogens (tertiary/aromatic N) is 2. The standard InChI is InChI=1S/C21H21N3O/c1-16-9-11-18(12-10-16)22-21(25)24-15-14-23-13-5-8-19(23)20(24)17-6-3-2-4-7-17/h2-13,20H,14-15H2,1H3,(H,22,25). The molecule has 0 aliphatic carbocycles. The van der Waals surface area contributed by atoms with Crippen LogP contribution in [0.2, 0.25) is 0 Å². The van der Waals surface area contributed by atoms with E-state index in [0.717, 1.165) is 23.5 Å². The Bertz CT molecular complexity index is 868. The SMILES string of the molecule is Cc1ccc(NC(=O)N2CCn3cccc3C2c2ccccc2)cc1. The third-order valence-corrected chi connectivity index (χ3v) is 4.72. The van der Waals surface area contributed by atoms with Gasteiger partial charge in [-0.25, -0.2) is 4.79 Å². The second kappa shape index (κ2) is 6.48. The van der Waals surface area contributed by atoms with E-state index >= 15 is 0 Å². The number of rotatable bonds is 2. The minimum Gasteiger partial charge on any atom is -0.348 e. The maximum Gasteiger partial charge on any atom is 0.322 e. The van der Waals surface area contributed by atoms with Gasteiger partial charge in [-0.15, -0.1) is 0 Å². The van der Waals surface area contributed by atoms with Gasteiger partial charge in [0.25, 0.3) is 0 Å². The number of anilines is 1. The number of amides is 2. The van der Waals surface area contributed by atoms with Crippen LogP contribution in [0.15, 0.2) is 72.9 Å². The van der Waals surface area contributed by atoms with E-state index in [-0.39, 0.29) is 12.1 Å². The van der Waals surface area contributed by atoms with Crippen LogP contribution < -0.4 is 5.32 Å². The largest absolute Gasteiger partial charge is 0.348 e. The van der Waals surface area contributed by atoms with Crippen molar-refractivity contribution in [1.82, 2.24) is 9.47 Å². The van der Waals surface area contributed by atoms with Crippen molar-refractivity contribution in [2.24, 2.45) is 0 Å². The van der Waals surface area contributed by atoms with Crippen molar-refractivity contribution in [3.8, 4) is 0 Å². The summed E-state index contributed by atoms with van der Waals surface area (Å²) in [5.74, 6) is 0. The number of aryl methyl sites for hydroxylation is 1. The number of benzene rings is 2. The fourth-order valence-corrected chi connectivity index (χ4v) is 3.42. The Morgan fingerprint density at radius 1 is 0.960 bits per heavy atom. The molecule has 2 aromatic carbocycles. The van der Waals surface area contributed by atoms with Crippen LogP contribution in [0.4, 0.5) is 10.5 Å². The molecule has 25 heavy (non-hydrogen) atoms. The highest BCUT2D eigenvalue weighted by Crippen LogP contribution is 2.32. The van der Waals surface area contributed by atoms with Gasteiger partial charge in [0.15, 0.2) is 0 Å². The highest BCUT2D eigenvalue weighted by Gasteiger charge is 2.32. The number of aromatic nitrogens is 1. The first-order chi connectivity index (χ1) is 12.2. The Hall–Kier alpha value is -3.01. The molecule has 0 fully saturated rings. The summed E-state index contributed by atoms with van der Waals surface area (Å²) >= 11 is 0. The Morgan fingerprint density at radius 2 is 1.72 bits per heavy atom. The summed E-state index contributed by atoms with van der Waals surface area (Å²) in [5, 5.41) is 3.04. The van der Waals surface area contributed by atoms with Crippen molar-refractivity contribution >= 4 is 11.7 Å². The second-order valence-electron chi connectivity index (χ2n) is 6.43. The van der Waals surface area contributed by atoms with Gasteiger partial charge in [0, 0.05) is 30.7 Å². The predicted octanol–water partition coefficient (Wildman–Crippen LogP) is 4.43. The fraction of sp³-hybridized carbons (Fsp3) is 0.190. The minimum absolute atomic E-state index is 0.0647. The van der Waals surface area contributed by atoms with E-state index in [4.69, 9.17) is 0 Å². The van der Waals surface area contributed by atoms with Crippen molar-refractivity contribution in [2.45, 2.75) is 19.5 Å². The van der Waals surface area contributed by atoms with E-state index in [9.17, 15) is 4.79 Å². The molecule has 1 N–H and O–H groups in total. The molecule has 3 aromatic rings. The lowest BCUT2D eigenvalue weighted by atomic mass is 10.0. The summed E-state index contributed by atoms with van der Waals surface area (Å²) < 4.78 is 2.23. The lowest BCUT2D eigenvalue weighted by Crippen LogP contribution is -2.44. The fourth-order valence-electron chi connectivity index (χ4n) is 3.42. The highest BCUT2D eigenvalue weighted by molar-refractivity contribution is 5.90. The molecule has 4 nitrogen and oxygen atoms in total. The number of carbonyl (C=O) groups excluding carboxylic acids is 1. The zero-order valence-corrected chi connectivity index (χ0v) is 14.2. The number of urea groups is 1.